The molecule has 0 saturated carbocycles. The first-order valence-corrected chi connectivity index (χ1v) is 7.89. The maximum atomic E-state index is 12.0. The molecule has 1 heterocycles. The molecule has 0 spiro atoms. The van der Waals surface area contributed by atoms with Crippen LogP contribution in [0.1, 0.15) is 11.3 Å². The highest BCUT2D eigenvalue weighted by Gasteiger charge is 2.07. The molecule has 2 N–H and O–H groups in total. The van der Waals surface area contributed by atoms with E-state index in [1.54, 1.807) is 14.2 Å². The van der Waals surface area contributed by atoms with Gasteiger partial charge in [0.05, 0.1) is 20.8 Å². The summed E-state index contributed by atoms with van der Waals surface area (Å²) in [6, 6.07) is 14.9. The number of urea groups is 1. The molecule has 1 aromatic heterocycles. The number of ether oxygens (including phenoxy) is 2. The number of rotatable bonds is 6. The van der Waals surface area contributed by atoms with Crippen molar-refractivity contribution in [2.75, 3.05) is 14.2 Å². The summed E-state index contributed by atoms with van der Waals surface area (Å²) in [5.41, 5.74) is 1.72. The first-order valence-electron chi connectivity index (χ1n) is 7.89. The van der Waals surface area contributed by atoms with Crippen LogP contribution in [-0.2, 0) is 13.1 Å². The molecule has 0 bridgehead atoms. The summed E-state index contributed by atoms with van der Waals surface area (Å²) in [5.74, 6) is 1.99. The van der Waals surface area contributed by atoms with E-state index in [-0.39, 0.29) is 6.03 Å². The molecule has 3 rings (SSSR count). The monoisotopic (exact) mass is 340 g/mol. The predicted octanol–water partition coefficient (Wildman–Crippen LogP) is 3.45. The van der Waals surface area contributed by atoms with Crippen molar-refractivity contribution in [2.24, 2.45) is 0 Å². The fraction of sp³-hybridized carbons (Fsp3) is 0.211. The second kappa shape index (κ2) is 7.61. The van der Waals surface area contributed by atoms with Crippen LogP contribution >= 0.6 is 0 Å². The van der Waals surface area contributed by atoms with Crippen LogP contribution in [0, 0.1) is 0 Å². The van der Waals surface area contributed by atoms with Crippen LogP contribution in [0.4, 0.5) is 4.79 Å². The fourth-order valence-electron chi connectivity index (χ4n) is 2.53. The van der Waals surface area contributed by atoms with Gasteiger partial charge in [-0.3, -0.25) is 0 Å². The van der Waals surface area contributed by atoms with Gasteiger partial charge in [0.1, 0.15) is 11.3 Å². The molecule has 3 aromatic rings. The van der Waals surface area contributed by atoms with Gasteiger partial charge in [0.15, 0.2) is 11.5 Å². The van der Waals surface area contributed by atoms with E-state index in [4.69, 9.17) is 13.9 Å². The highest BCUT2D eigenvalue weighted by atomic mass is 16.5. The van der Waals surface area contributed by atoms with Crippen molar-refractivity contribution in [1.82, 2.24) is 10.6 Å². The molecule has 0 aliphatic heterocycles. The Kier molecular flexibility index (Phi) is 5.09. The second-order valence-corrected chi connectivity index (χ2v) is 5.48. The molecule has 0 fully saturated rings. The molecular formula is C19H20N2O4. The molecule has 0 atom stereocenters. The Bertz CT molecular complexity index is 840. The Morgan fingerprint density at radius 2 is 1.72 bits per heavy atom. The Balaban J connectivity index is 1.52. The first-order chi connectivity index (χ1) is 12.2. The lowest BCUT2D eigenvalue weighted by molar-refractivity contribution is 0.239. The average Bonchev–Trinajstić information content (AvgIpc) is 3.07. The third-order valence-electron chi connectivity index (χ3n) is 3.80. The maximum Gasteiger partial charge on any atom is 0.315 e. The number of furan rings is 1. The fourth-order valence-corrected chi connectivity index (χ4v) is 2.53. The lowest BCUT2D eigenvalue weighted by atomic mass is 10.2. The van der Waals surface area contributed by atoms with Gasteiger partial charge < -0.3 is 24.5 Å². The topological polar surface area (TPSA) is 72.7 Å². The lowest BCUT2D eigenvalue weighted by Gasteiger charge is -2.10. The number of nitrogens with one attached hydrogen (secondary N) is 2. The summed E-state index contributed by atoms with van der Waals surface area (Å²) in [7, 11) is 3.16. The van der Waals surface area contributed by atoms with Crippen molar-refractivity contribution in [3.8, 4) is 11.5 Å². The molecule has 2 amide bonds. The number of fused-ring (bicyclic) bond motifs is 1. The molecule has 2 aromatic carbocycles. The third kappa shape index (κ3) is 4.03. The lowest BCUT2D eigenvalue weighted by Crippen LogP contribution is -2.34. The van der Waals surface area contributed by atoms with Crippen molar-refractivity contribution in [3.05, 3.63) is 59.9 Å². The Hall–Kier alpha value is -3.15. The normalized spacial score (nSPS) is 10.5. The largest absolute Gasteiger partial charge is 0.493 e. The third-order valence-corrected chi connectivity index (χ3v) is 3.80. The van der Waals surface area contributed by atoms with Gasteiger partial charge in [0, 0.05) is 11.9 Å². The van der Waals surface area contributed by atoms with Crippen LogP contribution in [0.3, 0.4) is 0 Å². The molecule has 0 radical (unpaired) electrons. The summed E-state index contributed by atoms with van der Waals surface area (Å²) in [6.07, 6.45) is 0. The standard InChI is InChI=1S/C19H20N2O4/c1-23-17-8-7-13(9-18(17)24-2)11-20-19(22)21-12-15-10-14-5-3-4-6-16(14)25-15/h3-10H,11-12H2,1-2H3,(H2,20,21,22). The van der Waals surface area contributed by atoms with E-state index in [9.17, 15) is 4.79 Å². The molecule has 25 heavy (non-hydrogen) atoms. The maximum absolute atomic E-state index is 12.0. The number of hydrogen-bond acceptors (Lipinski definition) is 4. The van der Waals surface area contributed by atoms with E-state index in [2.05, 4.69) is 10.6 Å². The summed E-state index contributed by atoms with van der Waals surface area (Å²) in [5, 5.41) is 6.60. The highest BCUT2D eigenvalue weighted by Crippen LogP contribution is 2.27. The molecule has 0 saturated heterocycles. The van der Waals surface area contributed by atoms with Gasteiger partial charge in [0.2, 0.25) is 0 Å². The molecular weight excluding hydrogens is 320 g/mol. The van der Waals surface area contributed by atoms with Gasteiger partial charge in [-0.2, -0.15) is 0 Å². The number of hydrogen-bond donors (Lipinski definition) is 2. The Labute approximate surface area is 145 Å². The quantitative estimate of drug-likeness (QED) is 0.721. The summed E-state index contributed by atoms with van der Waals surface area (Å²) < 4.78 is 16.1. The van der Waals surface area contributed by atoms with Crippen LogP contribution in [0.15, 0.2) is 52.9 Å². The minimum atomic E-state index is -0.268. The van der Waals surface area contributed by atoms with Gasteiger partial charge >= 0.3 is 6.03 Å². The van der Waals surface area contributed by atoms with E-state index in [1.165, 1.54) is 0 Å². The van der Waals surface area contributed by atoms with Crippen molar-refractivity contribution in [3.63, 3.8) is 0 Å². The van der Waals surface area contributed by atoms with Crippen LogP contribution in [0.2, 0.25) is 0 Å². The summed E-state index contributed by atoms with van der Waals surface area (Å²) in [4.78, 5) is 12.0. The van der Waals surface area contributed by atoms with Gasteiger partial charge in [-0.25, -0.2) is 4.79 Å². The molecule has 0 aliphatic carbocycles. The number of carbonyl (C=O) groups is 1. The van der Waals surface area contributed by atoms with E-state index in [0.29, 0.717) is 30.3 Å². The van der Waals surface area contributed by atoms with Crippen molar-refractivity contribution in [1.29, 1.82) is 0 Å². The highest BCUT2D eigenvalue weighted by molar-refractivity contribution is 5.78. The number of para-hydroxylation sites is 1. The smallest absolute Gasteiger partial charge is 0.315 e. The van der Waals surface area contributed by atoms with Crippen LogP contribution < -0.4 is 20.1 Å². The minimum absolute atomic E-state index is 0.268. The number of carbonyl (C=O) groups excluding carboxylic acids is 1. The second-order valence-electron chi connectivity index (χ2n) is 5.48. The van der Waals surface area contributed by atoms with E-state index in [0.717, 1.165) is 16.5 Å². The van der Waals surface area contributed by atoms with Gasteiger partial charge in [0.25, 0.3) is 0 Å². The zero-order chi connectivity index (χ0) is 17.6. The minimum Gasteiger partial charge on any atom is -0.493 e. The first kappa shape index (κ1) is 16.7. The van der Waals surface area contributed by atoms with E-state index >= 15 is 0 Å². The SMILES string of the molecule is COc1ccc(CNC(=O)NCc2cc3ccccc3o2)cc1OC. The molecule has 6 nitrogen and oxygen atoms in total. The van der Waals surface area contributed by atoms with Gasteiger partial charge in [-0.1, -0.05) is 24.3 Å². The Morgan fingerprint density at radius 1 is 0.960 bits per heavy atom. The van der Waals surface area contributed by atoms with E-state index < -0.39 is 0 Å². The van der Waals surface area contributed by atoms with Crippen molar-refractivity contribution >= 4 is 17.0 Å². The summed E-state index contributed by atoms with van der Waals surface area (Å²) in [6.45, 7) is 0.707. The van der Waals surface area contributed by atoms with Gasteiger partial charge in [-0.15, -0.1) is 0 Å². The molecule has 6 heteroatoms. The van der Waals surface area contributed by atoms with Crippen LogP contribution in [-0.4, -0.2) is 20.3 Å². The number of amides is 2. The van der Waals surface area contributed by atoms with Crippen molar-refractivity contribution < 1.29 is 18.7 Å². The van der Waals surface area contributed by atoms with Gasteiger partial charge in [-0.05, 0) is 29.8 Å². The number of benzene rings is 2. The zero-order valence-corrected chi connectivity index (χ0v) is 14.2. The van der Waals surface area contributed by atoms with E-state index in [1.807, 2.05) is 48.5 Å². The van der Waals surface area contributed by atoms with Crippen molar-refractivity contribution in [2.45, 2.75) is 13.1 Å². The Morgan fingerprint density at radius 3 is 2.48 bits per heavy atom. The molecule has 0 aliphatic rings. The van der Waals surface area contributed by atoms with Crippen LogP contribution in [0.25, 0.3) is 11.0 Å². The zero-order valence-electron chi connectivity index (χ0n) is 14.2. The van der Waals surface area contributed by atoms with Crippen LogP contribution in [0.5, 0.6) is 11.5 Å². The average molecular weight is 340 g/mol. The number of methoxy groups -OCH3 is 2. The summed E-state index contributed by atoms with van der Waals surface area (Å²) >= 11 is 0. The molecule has 0 unspecified atom stereocenters. The molecule has 130 valence electrons. The predicted molar refractivity (Wildman–Crippen MR) is 94.8 cm³/mol.